The molecule has 2 rings (SSSR count). The molecule has 1 aliphatic rings. The Balaban J connectivity index is 2.32. The first-order valence-corrected chi connectivity index (χ1v) is 6.80. The van der Waals surface area contributed by atoms with Gasteiger partial charge < -0.3 is 9.73 Å². The van der Waals surface area contributed by atoms with Gasteiger partial charge in [-0.25, -0.2) is 4.79 Å². The number of furan rings is 1. The smallest absolute Gasteiger partial charge is 0.440 e. The number of rotatable bonds is 5. The van der Waals surface area contributed by atoms with E-state index >= 15 is 0 Å². The SMILES string of the molecule is CCCCN1C(=O)N[C@](NC(=O)c2ccco2)(C(F)(F)F)C1=O. The summed E-state index contributed by atoms with van der Waals surface area (Å²) in [4.78, 5) is 36.2. The van der Waals surface area contributed by atoms with Crippen molar-refractivity contribution in [1.29, 1.82) is 0 Å². The molecule has 0 aromatic carbocycles. The van der Waals surface area contributed by atoms with Crippen LogP contribution < -0.4 is 10.6 Å². The summed E-state index contributed by atoms with van der Waals surface area (Å²) in [6, 6.07) is 1.23. The first kappa shape index (κ1) is 16.8. The molecule has 126 valence electrons. The van der Waals surface area contributed by atoms with Gasteiger partial charge in [-0.05, 0) is 18.6 Å². The Hall–Kier alpha value is -2.52. The highest BCUT2D eigenvalue weighted by molar-refractivity contribution is 6.10. The molecule has 1 fully saturated rings. The van der Waals surface area contributed by atoms with Gasteiger partial charge in [-0.15, -0.1) is 0 Å². The normalized spacial score (nSPS) is 21.5. The third-order valence-corrected chi connectivity index (χ3v) is 3.31. The number of amides is 4. The number of unbranched alkanes of at least 4 members (excludes halogenated alkanes) is 1. The second-order valence-electron chi connectivity index (χ2n) is 4.92. The second kappa shape index (κ2) is 5.94. The van der Waals surface area contributed by atoms with E-state index in [1.165, 1.54) is 6.07 Å². The molecule has 0 radical (unpaired) electrons. The van der Waals surface area contributed by atoms with Crippen molar-refractivity contribution >= 4 is 17.8 Å². The number of carbonyl (C=O) groups excluding carboxylic acids is 3. The van der Waals surface area contributed by atoms with Crippen molar-refractivity contribution in [1.82, 2.24) is 15.5 Å². The number of nitrogens with one attached hydrogen (secondary N) is 2. The lowest BCUT2D eigenvalue weighted by molar-refractivity contribution is -0.200. The molecule has 23 heavy (non-hydrogen) atoms. The molecule has 0 spiro atoms. The van der Waals surface area contributed by atoms with E-state index < -0.39 is 35.4 Å². The van der Waals surface area contributed by atoms with Crippen LogP contribution in [0.1, 0.15) is 30.3 Å². The fraction of sp³-hybridized carbons (Fsp3) is 0.462. The van der Waals surface area contributed by atoms with E-state index in [9.17, 15) is 27.6 Å². The van der Waals surface area contributed by atoms with Crippen molar-refractivity contribution in [3.63, 3.8) is 0 Å². The third kappa shape index (κ3) is 2.88. The zero-order valence-electron chi connectivity index (χ0n) is 12.1. The molecule has 0 bridgehead atoms. The lowest BCUT2D eigenvalue weighted by atomic mass is 10.1. The summed E-state index contributed by atoms with van der Waals surface area (Å²) in [6.07, 6.45) is -3.20. The molecule has 1 aromatic rings. The fourth-order valence-corrected chi connectivity index (χ4v) is 2.08. The number of carbonyl (C=O) groups is 3. The van der Waals surface area contributed by atoms with Crippen LogP contribution in [-0.4, -0.2) is 41.1 Å². The van der Waals surface area contributed by atoms with Gasteiger partial charge in [-0.3, -0.25) is 19.8 Å². The standard InChI is InChI=1S/C13H14F3N3O4/c1-2-3-6-19-10(21)12(13(14,15)16,18-11(19)22)17-9(20)8-5-4-7-23-8/h4-5,7H,2-3,6H2,1H3,(H,17,20)(H,18,22)/t12-/m0/s1. The van der Waals surface area contributed by atoms with Crippen molar-refractivity contribution < 1.29 is 32.0 Å². The van der Waals surface area contributed by atoms with Crippen molar-refractivity contribution in [3.05, 3.63) is 24.2 Å². The Labute approximate surface area is 128 Å². The van der Waals surface area contributed by atoms with E-state index in [0.717, 1.165) is 12.3 Å². The minimum Gasteiger partial charge on any atom is -0.459 e. The second-order valence-corrected chi connectivity index (χ2v) is 4.92. The van der Waals surface area contributed by atoms with Gasteiger partial charge in [0, 0.05) is 6.54 Å². The molecule has 1 aliphatic heterocycles. The molecule has 1 aromatic heterocycles. The van der Waals surface area contributed by atoms with Crippen LogP contribution in [0.2, 0.25) is 0 Å². The molecule has 1 atom stereocenters. The molecule has 4 amide bonds. The summed E-state index contributed by atoms with van der Waals surface area (Å²) in [5.74, 6) is -3.25. The Morgan fingerprint density at radius 2 is 2.13 bits per heavy atom. The number of hydrogen-bond acceptors (Lipinski definition) is 4. The van der Waals surface area contributed by atoms with E-state index in [-0.39, 0.29) is 6.54 Å². The topological polar surface area (TPSA) is 91.7 Å². The van der Waals surface area contributed by atoms with Crippen LogP contribution >= 0.6 is 0 Å². The predicted molar refractivity (Wildman–Crippen MR) is 70.1 cm³/mol. The molecular formula is C13H14F3N3O4. The minimum absolute atomic E-state index is 0.171. The Bertz CT molecular complexity index is 614. The van der Waals surface area contributed by atoms with E-state index in [4.69, 9.17) is 4.42 Å². The number of alkyl halides is 3. The van der Waals surface area contributed by atoms with Gasteiger partial charge in [0.25, 0.3) is 17.5 Å². The van der Waals surface area contributed by atoms with Crippen LogP contribution in [0, 0.1) is 0 Å². The van der Waals surface area contributed by atoms with E-state index in [1.54, 1.807) is 17.6 Å². The van der Waals surface area contributed by atoms with Gasteiger partial charge in [0.05, 0.1) is 6.26 Å². The lowest BCUT2D eigenvalue weighted by Crippen LogP contribution is -2.69. The van der Waals surface area contributed by atoms with Crippen LogP contribution in [0.25, 0.3) is 0 Å². The van der Waals surface area contributed by atoms with E-state index in [0.29, 0.717) is 17.7 Å². The summed E-state index contributed by atoms with van der Waals surface area (Å²) in [6.45, 7) is 1.59. The molecule has 10 heteroatoms. The van der Waals surface area contributed by atoms with Crippen LogP contribution in [0.3, 0.4) is 0 Å². The first-order valence-electron chi connectivity index (χ1n) is 6.80. The summed E-state index contributed by atoms with van der Waals surface area (Å²) >= 11 is 0. The molecular weight excluding hydrogens is 319 g/mol. The molecule has 0 unspecified atom stereocenters. The number of nitrogens with zero attached hydrogens (tertiary/aromatic N) is 1. The molecule has 7 nitrogen and oxygen atoms in total. The molecule has 2 N–H and O–H groups in total. The molecule has 0 saturated carbocycles. The van der Waals surface area contributed by atoms with Crippen molar-refractivity contribution in [3.8, 4) is 0 Å². The lowest BCUT2D eigenvalue weighted by Gasteiger charge is -2.29. The molecule has 2 heterocycles. The zero-order chi connectivity index (χ0) is 17.3. The van der Waals surface area contributed by atoms with Crippen LogP contribution in [-0.2, 0) is 4.79 Å². The maximum atomic E-state index is 13.4. The quantitative estimate of drug-likeness (QED) is 0.801. The van der Waals surface area contributed by atoms with E-state index in [2.05, 4.69) is 0 Å². The van der Waals surface area contributed by atoms with Gasteiger partial charge >= 0.3 is 12.2 Å². The Kier molecular flexibility index (Phi) is 4.35. The molecule has 1 saturated heterocycles. The number of halogens is 3. The Morgan fingerprint density at radius 3 is 2.65 bits per heavy atom. The maximum Gasteiger partial charge on any atom is 0.440 e. The highest BCUT2D eigenvalue weighted by atomic mass is 19.4. The van der Waals surface area contributed by atoms with Gasteiger partial charge in [0.1, 0.15) is 0 Å². The minimum atomic E-state index is -5.22. The number of hydrogen-bond donors (Lipinski definition) is 2. The average molecular weight is 333 g/mol. The third-order valence-electron chi connectivity index (χ3n) is 3.31. The van der Waals surface area contributed by atoms with Crippen molar-refractivity contribution in [2.45, 2.75) is 31.6 Å². The summed E-state index contributed by atoms with van der Waals surface area (Å²) < 4.78 is 45.0. The van der Waals surface area contributed by atoms with Gasteiger partial charge in [-0.1, -0.05) is 13.3 Å². The van der Waals surface area contributed by atoms with Crippen molar-refractivity contribution in [2.24, 2.45) is 0 Å². The van der Waals surface area contributed by atoms with Gasteiger partial charge in [0.15, 0.2) is 5.76 Å². The van der Waals surface area contributed by atoms with E-state index in [1.807, 2.05) is 0 Å². The maximum absolute atomic E-state index is 13.4. The first-order chi connectivity index (χ1) is 10.7. The predicted octanol–water partition coefficient (Wildman–Crippen LogP) is 1.62. The van der Waals surface area contributed by atoms with Crippen molar-refractivity contribution in [2.75, 3.05) is 6.54 Å². The summed E-state index contributed by atoms with van der Waals surface area (Å²) in [5.41, 5.74) is -3.50. The largest absolute Gasteiger partial charge is 0.459 e. The number of imide groups is 1. The van der Waals surface area contributed by atoms with Gasteiger partial charge in [-0.2, -0.15) is 13.2 Å². The fourth-order valence-electron chi connectivity index (χ4n) is 2.08. The Morgan fingerprint density at radius 1 is 1.43 bits per heavy atom. The zero-order valence-corrected chi connectivity index (χ0v) is 12.1. The van der Waals surface area contributed by atoms with Crippen LogP contribution in [0.5, 0.6) is 0 Å². The average Bonchev–Trinajstić information content (AvgIpc) is 3.06. The van der Waals surface area contributed by atoms with Crippen LogP contribution in [0.4, 0.5) is 18.0 Å². The highest BCUT2D eigenvalue weighted by Crippen LogP contribution is 2.34. The summed E-state index contributed by atoms with van der Waals surface area (Å²) in [5, 5.41) is 3.09. The summed E-state index contributed by atoms with van der Waals surface area (Å²) in [7, 11) is 0. The van der Waals surface area contributed by atoms with Crippen LogP contribution in [0.15, 0.2) is 22.8 Å². The molecule has 0 aliphatic carbocycles. The monoisotopic (exact) mass is 333 g/mol. The highest BCUT2D eigenvalue weighted by Gasteiger charge is 2.68. The van der Waals surface area contributed by atoms with Gasteiger partial charge in [0.2, 0.25) is 0 Å². The number of urea groups is 1.